The van der Waals surface area contributed by atoms with Gasteiger partial charge in [-0.15, -0.1) is 0 Å². The molecule has 3 fully saturated rings. The van der Waals surface area contributed by atoms with E-state index in [0.717, 1.165) is 12.1 Å². The normalized spacial score (nSPS) is 40.9. The average Bonchev–Trinajstić information content (AvgIpc) is 2.22. The minimum atomic E-state index is 0.839. The Morgan fingerprint density at radius 3 is 2.64 bits per heavy atom. The lowest BCUT2D eigenvalue weighted by Gasteiger charge is -2.33. The first kappa shape index (κ1) is 8.26. The quantitative estimate of drug-likeness (QED) is 0.484. The van der Waals surface area contributed by atoms with Crippen LogP contribution in [0.5, 0.6) is 0 Å². The van der Waals surface area contributed by atoms with Crippen LogP contribution in [0.3, 0.4) is 0 Å². The molecule has 0 aromatic heterocycles. The Morgan fingerprint density at radius 1 is 1.18 bits per heavy atom. The topological polar surface area (TPSA) is 6.48 Å². The maximum atomic E-state index is 2.53. The first-order valence-electron chi connectivity index (χ1n) is 4.40. The SMILES string of the molecule is CN1CCC2CCC1CN2I. The van der Waals surface area contributed by atoms with E-state index in [1.807, 2.05) is 0 Å². The van der Waals surface area contributed by atoms with Crippen molar-refractivity contribution in [3.05, 3.63) is 0 Å². The lowest BCUT2D eigenvalue weighted by Crippen LogP contribution is -2.41. The molecule has 64 valence electrons. The summed E-state index contributed by atoms with van der Waals surface area (Å²) in [6.45, 7) is 2.58. The predicted octanol–water partition coefficient (Wildman–Crippen LogP) is 1.50. The van der Waals surface area contributed by atoms with Gasteiger partial charge in [0.25, 0.3) is 0 Å². The molecule has 0 saturated carbocycles. The molecule has 0 aliphatic carbocycles. The van der Waals surface area contributed by atoms with Crippen molar-refractivity contribution in [1.29, 1.82) is 0 Å². The zero-order valence-electron chi connectivity index (χ0n) is 6.96. The van der Waals surface area contributed by atoms with Gasteiger partial charge in [-0.25, -0.2) is 3.11 Å². The molecular formula is C8H15IN2. The smallest absolute Gasteiger partial charge is 0.0240 e. The van der Waals surface area contributed by atoms with Crippen LogP contribution in [0.2, 0.25) is 0 Å². The van der Waals surface area contributed by atoms with Crippen LogP contribution in [0, 0.1) is 0 Å². The van der Waals surface area contributed by atoms with Gasteiger partial charge in [-0.3, -0.25) is 0 Å². The van der Waals surface area contributed by atoms with Gasteiger partial charge in [0.2, 0.25) is 0 Å². The standard InChI is InChI=1S/C8H15IN2/c1-10-5-4-7-2-3-8(10)6-11(7)9/h7-8H,2-6H2,1H3. The lowest BCUT2D eigenvalue weighted by atomic mass is 10.0. The fraction of sp³-hybridized carbons (Fsp3) is 1.00. The van der Waals surface area contributed by atoms with E-state index < -0.39 is 0 Å². The van der Waals surface area contributed by atoms with Crippen LogP contribution in [0.25, 0.3) is 0 Å². The van der Waals surface area contributed by atoms with Gasteiger partial charge in [-0.05, 0) is 32.9 Å². The van der Waals surface area contributed by atoms with E-state index in [4.69, 9.17) is 0 Å². The van der Waals surface area contributed by atoms with Crippen LogP contribution >= 0.6 is 22.9 Å². The third kappa shape index (κ3) is 1.55. The number of piperidine rings is 1. The van der Waals surface area contributed by atoms with E-state index in [1.165, 1.54) is 32.4 Å². The summed E-state index contributed by atoms with van der Waals surface area (Å²) in [5.74, 6) is 0. The highest BCUT2D eigenvalue weighted by Gasteiger charge is 2.32. The number of halogens is 1. The third-order valence-corrected chi connectivity index (χ3v) is 4.23. The van der Waals surface area contributed by atoms with Crippen molar-refractivity contribution in [2.24, 2.45) is 0 Å². The number of rotatable bonds is 0. The summed E-state index contributed by atoms with van der Waals surface area (Å²) in [4.78, 5) is 2.53. The van der Waals surface area contributed by atoms with Crippen molar-refractivity contribution in [3.8, 4) is 0 Å². The van der Waals surface area contributed by atoms with E-state index >= 15 is 0 Å². The Bertz CT molecular complexity index is 151. The highest BCUT2D eigenvalue weighted by Crippen LogP contribution is 2.29. The Balaban J connectivity index is 2.11. The monoisotopic (exact) mass is 266 g/mol. The first-order valence-corrected chi connectivity index (χ1v) is 5.36. The maximum absolute atomic E-state index is 2.53. The van der Waals surface area contributed by atoms with Crippen molar-refractivity contribution >= 4 is 22.9 Å². The fourth-order valence-corrected chi connectivity index (χ4v) is 3.16. The number of fused-ring (bicyclic) bond motifs is 4. The third-order valence-electron chi connectivity index (χ3n) is 3.05. The molecule has 3 rings (SSSR count). The molecule has 0 radical (unpaired) electrons. The van der Waals surface area contributed by atoms with Gasteiger partial charge < -0.3 is 4.90 Å². The second-order valence-electron chi connectivity index (χ2n) is 3.74. The number of hydrogen-bond acceptors (Lipinski definition) is 2. The van der Waals surface area contributed by atoms with E-state index in [9.17, 15) is 0 Å². The summed E-state index contributed by atoms with van der Waals surface area (Å²) < 4.78 is 2.51. The van der Waals surface area contributed by atoms with Gasteiger partial charge in [-0.1, -0.05) is 0 Å². The number of likely N-dealkylation sites (N-methyl/N-ethyl adjacent to an activating group) is 1. The summed E-state index contributed by atoms with van der Waals surface area (Å²) >= 11 is 2.49. The molecule has 2 nitrogen and oxygen atoms in total. The molecule has 0 aromatic rings. The zero-order chi connectivity index (χ0) is 7.84. The van der Waals surface area contributed by atoms with E-state index in [2.05, 4.69) is 37.9 Å². The van der Waals surface area contributed by atoms with Crippen LogP contribution < -0.4 is 0 Å². The molecule has 0 amide bonds. The molecule has 0 N–H and O–H groups in total. The predicted molar refractivity (Wildman–Crippen MR) is 54.8 cm³/mol. The first-order chi connectivity index (χ1) is 5.27. The highest BCUT2D eigenvalue weighted by atomic mass is 127. The molecule has 3 heterocycles. The Labute approximate surface area is 82.4 Å². The van der Waals surface area contributed by atoms with Crippen LogP contribution in [-0.2, 0) is 0 Å². The summed E-state index contributed by atoms with van der Waals surface area (Å²) in [5.41, 5.74) is 0. The molecule has 3 aliphatic heterocycles. The Hall–Kier alpha value is 0.650. The Kier molecular flexibility index (Phi) is 2.39. The molecular weight excluding hydrogens is 251 g/mol. The average molecular weight is 266 g/mol. The van der Waals surface area contributed by atoms with Crippen molar-refractivity contribution in [1.82, 2.24) is 8.01 Å². The van der Waals surface area contributed by atoms with Gasteiger partial charge in [0.1, 0.15) is 0 Å². The van der Waals surface area contributed by atoms with E-state index in [-0.39, 0.29) is 0 Å². The Morgan fingerprint density at radius 2 is 1.91 bits per heavy atom. The molecule has 2 unspecified atom stereocenters. The van der Waals surface area contributed by atoms with Crippen molar-refractivity contribution in [3.63, 3.8) is 0 Å². The largest absolute Gasteiger partial charge is 0.302 e. The second-order valence-corrected chi connectivity index (χ2v) is 4.98. The fourth-order valence-electron chi connectivity index (χ4n) is 2.15. The van der Waals surface area contributed by atoms with Crippen LogP contribution in [-0.4, -0.2) is 40.2 Å². The minimum Gasteiger partial charge on any atom is -0.302 e. The zero-order valence-corrected chi connectivity index (χ0v) is 9.12. The van der Waals surface area contributed by atoms with E-state index in [1.54, 1.807) is 0 Å². The molecule has 3 saturated heterocycles. The molecule has 11 heavy (non-hydrogen) atoms. The highest BCUT2D eigenvalue weighted by molar-refractivity contribution is 14.1. The molecule has 0 spiro atoms. The maximum Gasteiger partial charge on any atom is 0.0240 e. The van der Waals surface area contributed by atoms with Gasteiger partial charge >= 0.3 is 0 Å². The van der Waals surface area contributed by atoms with Crippen LogP contribution in [0.1, 0.15) is 19.3 Å². The number of hydrogen-bond donors (Lipinski definition) is 0. The molecule has 3 heteroatoms. The second kappa shape index (κ2) is 3.18. The summed E-state index contributed by atoms with van der Waals surface area (Å²) in [6.07, 6.45) is 4.20. The van der Waals surface area contributed by atoms with Gasteiger partial charge in [0.15, 0.2) is 0 Å². The molecule has 2 atom stereocenters. The molecule has 0 aromatic carbocycles. The number of nitrogens with zero attached hydrogens (tertiary/aromatic N) is 2. The molecule has 2 bridgehead atoms. The van der Waals surface area contributed by atoms with Gasteiger partial charge in [-0.2, -0.15) is 0 Å². The summed E-state index contributed by atoms with van der Waals surface area (Å²) in [5, 5.41) is 0. The van der Waals surface area contributed by atoms with Gasteiger partial charge in [0, 0.05) is 41.5 Å². The summed E-state index contributed by atoms with van der Waals surface area (Å²) in [6, 6.07) is 1.71. The van der Waals surface area contributed by atoms with Gasteiger partial charge in [0.05, 0.1) is 0 Å². The van der Waals surface area contributed by atoms with Crippen LogP contribution in [0.4, 0.5) is 0 Å². The van der Waals surface area contributed by atoms with E-state index in [0.29, 0.717) is 0 Å². The summed E-state index contributed by atoms with van der Waals surface area (Å²) in [7, 11) is 2.27. The van der Waals surface area contributed by atoms with Crippen molar-refractivity contribution in [2.75, 3.05) is 20.1 Å². The van der Waals surface area contributed by atoms with Crippen LogP contribution in [0.15, 0.2) is 0 Å². The van der Waals surface area contributed by atoms with Crippen molar-refractivity contribution in [2.45, 2.75) is 31.3 Å². The lowest BCUT2D eigenvalue weighted by molar-refractivity contribution is 0.206. The molecule has 3 aliphatic rings. The van der Waals surface area contributed by atoms with Crippen molar-refractivity contribution < 1.29 is 0 Å². The minimum absolute atomic E-state index is 0.839.